The van der Waals surface area contributed by atoms with Gasteiger partial charge in [0.2, 0.25) is 0 Å². The zero-order valence-corrected chi connectivity index (χ0v) is 11.7. The Morgan fingerprint density at radius 2 is 2.06 bits per heavy atom. The van der Waals surface area contributed by atoms with Crippen molar-refractivity contribution < 1.29 is 8.42 Å². The highest BCUT2D eigenvalue weighted by Gasteiger charge is 2.35. The first-order valence-electron chi connectivity index (χ1n) is 6.11. The summed E-state index contributed by atoms with van der Waals surface area (Å²) in [4.78, 5) is 0. The van der Waals surface area contributed by atoms with Crippen LogP contribution in [0.5, 0.6) is 0 Å². The average Bonchev–Trinajstić information content (AvgIpc) is 2.74. The van der Waals surface area contributed by atoms with Crippen LogP contribution >= 0.6 is 11.3 Å². The van der Waals surface area contributed by atoms with Crippen molar-refractivity contribution in [1.82, 2.24) is 5.32 Å². The molecule has 0 radical (unpaired) electrons. The predicted octanol–water partition coefficient (Wildman–Crippen LogP) is 2.44. The Bertz CT molecular complexity index is 439. The molecule has 1 aromatic rings. The van der Waals surface area contributed by atoms with Gasteiger partial charge in [0.25, 0.3) is 0 Å². The molecule has 1 aliphatic rings. The van der Waals surface area contributed by atoms with Crippen LogP contribution < -0.4 is 5.32 Å². The van der Waals surface area contributed by atoms with E-state index in [1.807, 2.05) is 18.5 Å². The fourth-order valence-electron chi connectivity index (χ4n) is 2.55. The molecule has 0 bridgehead atoms. The van der Waals surface area contributed by atoms with Crippen LogP contribution in [-0.4, -0.2) is 26.8 Å². The van der Waals surface area contributed by atoms with Crippen LogP contribution in [0.25, 0.3) is 0 Å². The van der Waals surface area contributed by atoms with Crippen LogP contribution in [0.4, 0.5) is 0 Å². The largest absolute Gasteiger partial charge is 0.316 e. The molecule has 2 atom stereocenters. The van der Waals surface area contributed by atoms with Gasteiger partial charge in [-0.25, -0.2) is 8.42 Å². The quantitative estimate of drug-likeness (QED) is 0.860. The van der Waals surface area contributed by atoms with Gasteiger partial charge < -0.3 is 5.32 Å². The summed E-state index contributed by atoms with van der Waals surface area (Å²) in [6.45, 7) is 0. The van der Waals surface area contributed by atoms with E-state index < -0.39 is 9.84 Å². The molecule has 1 aliphatic carbocycles. The van der Waals surface area contributed by atoms with Crippen LogP contribution in [-0.2, 0) is 9.84 Å². The molecule has 1 heterocycles. The van der Waals surface area contributed by atoms with E-state index in [1.54, 1.807) is 6.07 Å². The number of nitrogens with one attached hydrogen (secondary N) is 1. The van der Waals surface area contributed by atoms with Crippen molar-refractivity contribution in [1.29, 1.82) is 0 Å². The van der Waals surface area contributed by atoms with Crippen LogP contribution in [0.15, 0.2) is 21.7 Å². The third kappa shape index (κ3) is 2.72. The maximum atomic E-state index is 12.5. The minimum Gasteiger partial charge on any atom is -0.316 e. The van der Waals surface area contributed by atoms with Gasteiger partial charge in [0, 0.05) is 6.04 Å². The zero-order valence-electron chi connectivity index (χ0n) is 10.1. The Balaban J connectivity index is 2.29. The molecule has 1 saturated carbocycles. The molecule has 0 amide bonds. The fraction of sp³-hybridized carbons (Fsp3) is 0.667. The Labute approximate surface area is 107 Å². The Morgan fingerprint density at radius 3 is 2.71 bits per heavy atom. The number of hydrogen-bond donors (Lipinski definition) is 1. The van der Waals surface area contributed by atoms with Crippen LogP contribution in [0.2, 0.25) is 0 Å². The molecule has 3 nitrogen and oxygen atoms in total. The van der Waals surface area contributed by atoms with Crippen molar-refractivity contribution in [2.45, 2.75) is 47.6 Å². The highest BCUT2D eigenvalue weighted by atomic mass is 32.2. The predicted molar refractivity (Wildman–Crippen MR) is 71.2 cm³/mol. The molecule has 0 aromatic carbocycles. The standard InChI is InChI=1S/C12H19NO2S2/c1-13-10-6-3-2-4-7-11(10)17(14,15)12-8-5-9-16-12/h5,8-11,13H,2-4,6-7H2,1H3. The molecular formula is C12H19NO2S2. The van der Waals surface area contributed by atoms with Gasteiger partial charge in [0.15, 0.2) is 9.84 Å². The Hall–Kier alpha value is -0.390. The van der Waals surface area contributed by atoms with E-state index in [2.05, 4.69) is 5.32 Å². The number of hydrogen-bond acceptors (Lipinski definition) is 4. The lowest BCUT2D eigenvalue weighted by Crippen LogP contribution is -2.41. The molecule has 5 heteroatoms. The second kappa shape index (κ2) is 5.50. The molecule has 0 spiro atoms. The van der Waals surface area contributed by atoms with Crippen molar-refractivity contribution in [3.05, 3.63) is 17.5 Å². The van der Waals surface area contributed by atoms with E-state index in [0.717, 1.165) is 32.1 Å². The lowest BCUT2D eigenvalue weighted by Gasteiger charge is -2.24. The van der Waals surface area contributed by atoms with Gasteiger partial charge in [0.05, 0.1) is 5.25 Å². The molecule has 2 unspecified atom stereocenters. The van der Waals surface area contributed by atoms with Gasteiger partial charge in [-0.3, -0.25) is 0 Å². The molecule has 1 N–H and O–H groups in total. The number of sulfone groups is 1. The normalized spacial score (nSPS) is 26.6. The summed E-state index contributed by atoms with van der Waals surface area (Å²) in [7, 11) is -1.28. The minimum atomic E-state index is -3.15. The van der Waals surface area contributed by atoms with Gasteiger partial charge in [-0.2, -0.15) is 0 Å². The smallest absolute Gasteiger partial charge is 0.192 e. The summed E-state index contributed by atoms with van der Waals surface area (Å²) in [5.41, 5.74) is 0. The van der Waals surface area contributed by atoms with E-state index in [0.29, 0.717) is 4.21 Å². The Morgan fingerprint density at radius 1 is 1.29 bits per heavy atom. The van der Waals surface area contributed by atoms with E-state index in [1.165, 1.54) is 11.3 Å². The summed E-state index contributed by atoms with van der Waals surface area (Å²) in [6.07, 6.45) is 5.04. The van der Waals surface area contributed by atoms with Gasteiger partial charge in [-0.15, -0.1) is 11.3 Å². The second-order valence-electron chi connectivity index (χ2n) is 4.55. The number of thiophene rings is 1. The summed E-state index contributed by atoms with van der Waals surface area (Å²) in [5.74, 6) is 0. The first-order chi connectivity index (χ1) is 8.16. The lowest BCUT2D eigenvalue weighted by molar-refractivity contribution is 0.481. The monoisotopic (exact) mass is 273 g/mol. The summed E-state index contributed by atoms with van der Waals surface area (Å²) >= 11 is 1.33. The van der Waals surface area contributed by atoms with E-state index >= 15 is 0 Å². The topological polar surface area (TPSA) is 46.2 Å². The van der Waals surface area contributed by atoms with Crippen LogP contribution in [0, 0.1) is 0 Å². The third-order valence-electron chi connectivity index (χ3n) is 3.50. The maximum absolute atomic E-state index is 12.5. The van der Waals surface area contributed by atoms with E-state index in [9.17, 15) is 8.42 Å². The minimum absolute atomic E-state index is 0.101. The molecular weight excluding hydrogens is 254 g/mol. The maximum Gasteiger partial charge on any atom is 0.192 e. The first-order valence-corrected chi connectivity index (χ1v) is 8.53. The van der Waals surface area contributed by atoms with Crippen molar-refractivity contribution in [2.75, 3.05) is 7.05 Å². The molecule has 1 aromatic heterocycles. The summed E-state index contributed by atoms with van der Waals surface area (Å²) in [6, 6.07) is 3.63. The summed E-state index contributed by atoms with van der Waals surface area (Å²) in [5, 5.41) is 4.76. The average molecular weight is 273 g/mol. The SMILES string of the molecule is CNC1CCCCCC1S(=O)(=O)c1cccs1. The third-order valence-corrected chi connectivity index (χ3v) is 7.20. The van der Waals surface area contributed by atoms with Gasteiger partial charge in [-0.05, 0) is 31.3 Å². The van der Waals surface area contributed by atoms with Crippen molar-refractivity contribution >= 4 is 21.2 Å². The number of rotatable bonds is 3. The van der Waals surface area contributed by atoms with Gasteiger partial charge in [-0.1, -0.05) is 25.3 Å². The fourth-order valence-corrected chi connectivity index (χ4v) is 5.82. The molecule has 2 rings (SSSR count). The van der Waals surface area contributed by atoms with E-state index in [-0.39, 0.29) is 11.3 Å². The lowest BCUT2D eigenvalue weighted by atomic mass is 10.1. The highest BCUT2D eigenvalue weighted by Crippen LogP contribution is 2.30. The molecule has 0 aliphatic heterocycles. The summed E-state index contributed by atoms with van der Waals surface area (Å²) < 4.78 is 25.6. The van der Waals surface area contributed by atoms with E-state index in [4.69, 9.17) is 0 Å². The molecule has 17 heavy (non-hydrogen) atoms. The zero-order chi connectivity index (χ0) is 12.3. The molecule has 96 valence electrons. The van der Waals surface area contributed by atoms with Crippen LogP contribution in [0.1, 0.15) is 32.1 Å². The molecule has 1 fully saturated rings. The van der Waals surface area contributed by atoms with Gasteiger partial charge >= 0.3 is 0 Å². The van der Waals surface area contributed by atoms with Crippen LogP contribution in [0.3, 0.4) is 0 Å². The van der Waals surface area contributed by atoms with Crippen molar-refractivity contribution in [3.8, 4) is 0 Å². The van der Waals surface area contributed by atoms with Gasteiger partial charge in [0.1, 0.15) is 4.21 Å². The van der Waals surface area contributed by atoms with Crippen molar-refractivity contribution in [3.63, 3.8) is 0 Å². The molecule has 0 saturated heterocycles. The van der Waals surface area contributed by atoms with Crippen molar-refractivity contribution in [2.24, 2.45) is 0 Å². The highest BCUT2D eigenvalue weighted by molar-refractivity contribution is 7.94. The first kappa shape index (κ1) is 13.1. The Kier molecular flexibility index (Phi) is 4.22. The second-order valence-corrected chi connectivity index (χ2v) is 7.89.